The van der Waals surface area contributed by atoms with Crippen molar-refractivity contribution in [3.63, 3.8) is 0 Å². The normalized spacial score (nSPS) is 23.2. The minimum Gasteiger partial charge on any atom is -0.390 e. The second-order valence-electron chi connectivity index (χ2n) is 5.99. The van der Waals surface area contributed by atoms with Crippen LogP contribution in [-0.2, 0) is 6.61 Å². The van der Waals surface area contributed by atoms with E-state index >= 15 is 0 Å². The topological polar surface area (TPSA) is 36.4 Å². The standard InChI is InChI=1S/C17H22N2O/c1-12-7-8-19(13(2)9-12)17-16-6-4-3-5-14(16)10-15(11-20)18-17/h3-6,10,12-13,20H,7-9,11H2,1-2H3. The molecule has 1 aliphatic rings. The van der Waals surface area contributed by atoms with Crippen molar-refractivity contribution in [2.45, 2.75) is 39.3 Å². The summed E-state index contributed by atoms with van der Waals surface area (Å²) in [5, 5.41) is 11.8. The highest BCUT2D eigenvalue weighted by Gasteiger charge is 2.25. The maximum atomic E-state index is 9.45. The van der Waals surface area contributed by atoms with Gasteiger partial charge in [0.15, 0.2) is 0 Å². The molecule has 3 nitrogen and oxygen atoms in total. The molecule has 0 bridgehead atoms. The number of nitrogens with zero attached hydrogens (tertiary/aromatic N) is 2. The average molecular weight is 270 g/mol. The van der Waals surface area contributed by atoms with Gasteiger partial charge in [0, 0.05) is 18.0 Å². The Morgan fingerprint density at radius 1 is 1.30 bits per heavy atom. The molecule has 3 heteroatoms. The first-order valence-electron chi connectivity index (χ1n) is 7.45. The van der Waals surface area contributed by atoms with E-state index in [1.54, 1.807) is 0 Å². The summed E-state index contributed by atoms with van der Waals surface area (Å²) in [4.78, 5) is 7.10. The van der Waals surface area contributed by atoms with E-state index in [4.69, 9.17) is 4.98 Å². The number of fused-ring (bicyclic) bond motifs is 1. The van der Waals surface area contributed by atoms with Gasteiger partial charge in [-0.05, 0) is 37.1 Å². The molecule has 0 amide bonds. The number of hydrogen-bond donors (Lipinski definition) is 1. The molecule has 2 atom stereocenters. The predicted octanol–water partition coefficient (Wildman–Crippen LogP) is 3.35. The van der Waals surface area contributed by atoms with Crippen molar-refractivity contribution in [3.05, 3.63) is 36.0 Å². The van der Waals surface area contributed by atoms with Gasteiger partial charge in [0.1, 0.15) is 5.82 Å². The maximum Gasteiger partial charge on any atom is 0.137 e. The number of hydrogen-bond acceptors (Lipinski definition) is 3. The van der Waals surface area contributed by atoms with Crippen LogP contribution >= 0.6 is 0 Å². The van der Waals surface area contributed by atoms with Crippen LogP contribution < -0.4 is 4.90 Å². The number of aromatic nitrogens is 1. The lowest BCUT2D eigenvalue weighted by Gasteiger charge is -2.38. The van der Waals surface area contributed by atoms with Gasteiger partial charge in [-0.1, -0.05) is 31.2 Å². The Kier molecular flexibility index (Phi) is 3.62. The van der Waals surface area contributed by atoms with Crippen molar-refractivity contribution in [2.75, 3.05) is 11.4 Å². The van der Waals surface area contributed by atoms with Gasteiger partial charge < -0.3 is 10.0 Å². The van der Waals surface area contributed by atoms with Crippen molar-refractivity contribution in [2.24, 2.45) is 5.92 Å². The smallest absolute Gasteiger partial charge is 0.137 e. The summed E-state index contributed by atoms with van der Waals surface area (Å²) in [6.07, 6.45) is 2.42. The Morgan fingerprint density at radius 2 is 2.10 bits per heavy atom. The molecule has 2 aromatic rings. The second kappa shape index (κ2) is 5.41. The lowest BCUT2D eigenvalue weighted by molar-refractivity contribution is 0.277. The fourth-order valence-corrected chi connectivity index (χ4v) is 3.26. The molecule has 1 aromatic carbocycles. The first-order valence-corrected chi connectivity index (χ1v) is 7.45. The quantitative estimate of drug-likeness (QED) is 0.909. The van der Waals surface area contributed by atoms with E-state index in [9.17, 15) is 5.11 Å². The summed E-state index contributed by atoms with van der Waals surface area (Å²) in [6.45, 7) is 5.64. The predicted molar refractivity (Wildman–Crippen MR) is 82.9 cm³/mol. The van der Waals surface area contributed by atoms with Crippen LogP contribution in [0.1, 0.15) is 32.4 Å². The fourth-order valence-electron chi connectivity index (χ4n) is 3.26. The average Bonchev–Trinajstić information content (AvgIpc) is 2.46. The van der Waals surface area contributed by atoms with Crippen molar-refractivity contribution in [1.82, 2.24) is 4.98 Å². The Balaban J connectivity index is 2.09. The van der Waals surface area contributed by atoms with Gasteiger partial charge in [-0.15, -0.1) is 0 Å². The second-order valence-corrected chi connectivity index (χ2v) is 5.99. The highest BCUT2D eigenvalue weighted by Crippen LogP contribution is 2.32. The van der Waals surface area contributed by atoms with E-state index in [2.05, 4.69) is 36.9 Å². The van der Waals surface area contributed by atoms with Gasteiger partial charge in [0.05, 0.1) is 12.3 Å². The van der Waals surface area contributed by atoms with E-state index in [0.29, 0.717) is 6.04 Å². The molecule has 2 heterocycles. The van der Waals surface area contributed by atoms with Crippen LogP contribution in [0.3, 0.4) is 0 Å². The number of benzene rings is 1. The molecule has 0 saturated carbocycles. The van der Waals surface area contributed by atoms with E-state index in [1.807, 2.05) is 12.1 Å². The van der Waals surface area contributed by atoms with Crippen LogP contribution in [0.4, 0.5) is 5.82 Å². The third-order valence-electron chi connectivity index (χ3n) is 4.35. The molecular weight excluding hydrogens is 248 g/mol. The summed E-state index contributed by atoms with van der Waals surface area (Å²) in [5.41, 5.74) is 0.754. The summed E-state index contributed by atoms with van der Waals surface area (Å²) >= 11 is 0. The Bertz CT molecular complexity index is 611. The van der Waals surface area contributed by atoms with Gasteiger partial charge in [-0.3, -0.25) is 0 Å². The summed E-state index contributed by atoms with van der Waals surface area (Å²) in [7, 11) is 0. The minimum absolute atomic E-state index is 0.00351. The molecule has 2 unspecified atom stereocenters. The van der Waals surface area contributed by atoms with Gasteiger partial charge in [-0.25, -0.2) is 4.98 Å². The summed E-state index contributed by atoms with van der Waals surface area (Å²) in [5.74, 6) is 1.82. The molecule has 1 aromatic heterocycles. The van der Waals surface area contributed by atoms with Crippen molar-refractivity contribution < 1.29 is 5.11 Å². The Morgan fingerprint density at radius 3 is 2.85 bits per heavy atom. The molecule has 0 radical (unpaired) electrons. The number of piperidine rings is 1. The Labute approximate surface area is 120 Å². The van der Waals surface area contributed by atoms with Crippen LogP contribution in [0.25, 0.3) is 10.8 Å². The zero-order chi connectivity index (χ0) is 14.1. The minimum atomic E-state index is -0.00351. The molecule has 1 aliphatic heterocycles. The number of anilines is 1. The van der Waals surface area contributed by atoms with Crippen LogP contribution in [0.2, 0.25) is 0 Å². The first-order chi connectivity index (χ1) is 9.69. The molecule has 3 rings (SSSR count). The third kappa shape index (κ3) is 2.38. The van der Waals surface area contributed by atoms with Gasteiger partial charge in [0.25, 0.3) is 0 Å². The lowest BCUT2D eigenvalue weighted by atomic mass is 9.93. The molecular formula is C17H22N2O. The number of aliphatic hydroxyl groups excluding tert-OH is 1. The Hall–Kier alpha value is -1.61. The van der Waals surface area contributed by atoms with Crippen LogP contribution in [0.15, 0.2) is 30.3 Å². The van der Waals surface area contributed by atoms with Crippen LogP contribution in [-0.4, -0.2) is 22.7 Å². The van der Waals surface area contributed by atoms with E-state index in [0.717, 1.165) is 29.4 Å². The number of rotatable bonds is 2. The van der Waals surface area contributed by atoms with E-state index < -0.39 is 0 Å². The zero-order valence-corrected chi connectivity index (χ0v) is 12.2. The van der Waals surface area contributed by atoms with Crippen LogP contribution in [0, 0.1) is 5.92 Å². The fraction of sp³-hybridized carbons (Fsp3) is 0.471. The maximum absolute atomic E-state index is 9.45. The van der Waals surface area contributed by atoms with Gasteiger partial charge in [0.2, 0.25) is 0 Å². The molecule has 0 aliphatic carbocycles. The van der Waals surface area contributed by atoms with Gasteiger partial charge in [-0.2, -0.15) is 0 Å². The molecule has 1 fully saturated rings. The van der Waals surface area contributed by atoms with Crippen molar-refractivity contribution in [1.29, 1.82) is 0 Å². The molecule has 1 saturated heterocycles. The zero-order valence-electron chi connectivity index (χ0n) is 12.2. The summed E-state index contributed by atoms with van der Waals surface area (Å²) < 4.78 is 0. The summed E-state index contributed by atoms with van der Waals surface area (Å²) in [6, 6.07) is 10.8. The van der Waals surface area contributed by atoms with Crippen LogP contribution in [0.5, 0.6) is 0 Å². The highest BCUT2D eigenvalue weighted by molar-refractivity contribution is 5.92. The third-order valence-corrected chi connectivity index (χ3v) is 4.35. The van der Waals surface area contributed by atoms with E-state index in [1.165, 1.54) is 18.2 Å². The van der Waals surface area contributed by atoms with Gasteiger partial charge >= 0.3 is 0 Å². The lowest BCUT2D eigenvalue weighted by Crippen LogP contribution is -2.41. The van der Waals surface area contributed by atoms with Crippen molar-refractivity contribution >= 4 is 16.6 Å². The number of pyridine rings is 1. The first kappa shape index (κ1) is 13.4. The number of aliphatic hydroxyl groups is 1. The largest absolute Gasteiger partial charge is 0.390 e. The van der Waals surface area contributed by atoms with E-state index in [-0.39, 0.29) is 6.61 Å². The molecule has 20 heavy (non-hydrogen) atoms. The van der Waals surface area contributed by atoms with Crippen molar-refractivity contribution in [3.8, 4) is 0 Å². The molecule has 106 valence electrons. The molecule has 0 spiro atoms. The molecule has 1 N–H and O–H groups in total. The highest BCUT2D eigenvalue weighted by atomic mass is 16.3. The monoisotopic (exact) mass is 270 g/mol. The SMILES string of the molecule is CC1CCN(c2nc(CO)cc3ccccc23)C(C)C1.